The molecule has 0 aliphatic rings. The second kappa shape index (κ2) is 9.32. The molecule has 6 rings (SSSR count). The van der Waals surface area contributed by atoms with E-state index >= 15 is 0 Å². The summed E-state index contributed by atoms with van der Waals surface area (Å²) < 4.78 is 9.35. The summed E-state index contributed by atoms with van der Waals surface area (Å²) in [6, 6.07) is 47.1. The molecule has 0 saturated carbocycles. The van der Waals surface area contributed by atoms with Crippen molar-refractivity contribution in [3.8, 4) is 22.6 Å². The van der Waals surface area contributed by atoms with E-state index in [0.717, 1.165) is 11.5 Å². The SMILES string of the molecule is c1ccc(Oc2ccc3ccccc3c2-c2c([I+]c3ccccc3)ccc3ccccc23)cc1. The Labute approximate surface area is 209 Å². The van der Waals surface area contributed by atoms with Gasteiger partial charge in [0, 0.05) is 11.1 Å². The minimum absolute atomic E-state index is 0.379. The normalized spacial score (nSPS) is 11.1. The Morgan fingerprint density at radius 1 is 0.441 bits per heavy atom. The first kappa shape index (κ1) is 20.9. The van der Waals surface area contributed by atoms with Crippen LogP contribution in [0.5, 0.6) is 11.5 Å². The number of para-hydroxylation sites is 1. The summed E-state index contributed by atoms with van der Waals surface area (Å²) in [5, 5.41) is 4.95. The molecule has 0 bridgehead atoms. The van der Waals surface area contributed by atoms with Crippen LogP contribution in [-0.4, -0.2) is 0 Å². The lowest BCUT2D eigenvalue weighted by Gasteiger charge is -2.16. The summed E-state index contributed by atoms with van der Waals surface area (Å²) in [5.74, 6) is 1.73. The summed E-state index contributed by atoms with van der Waals surface area (Å²) in [4.78, 5) is 0. The Bertz CT molecular complexity index is 1470. The first-order chi connectivity index (χ1) is 16.9. The van der Waals surface area contributed by atoms with Crippen LogP contribution < -0.4 is 25.9 Å². The zero-order valence-electron chi connectivity index (χ0n) is 18.5. The van der Waals surface area contributed by atoms with Crippen molar-refractivity contribution in [2.45, 2.75) is 0 Å². The molecule has 0 fully saturated rings. The minimum Gasteiger partial charge on any atom is -0.457 e. The number of halogens is 1. The van der Waals surface area contributed by atoms with Gasteiger partial charge in [0.05, 0.1) is 0 Å². The van der Waals surface area contributed by atoms with E-state index in [-0.39, 0.29) is 21.2 Å². The number of rotatable bonds is 5. The molecule has 0 radical (unpaired) electrons. The molecule has 0 N–H and O–H groups in total. The third-order valence-electron chi connectivity index (χ3n) is 5.93. The van der Waals surface area contributed by atoms with Crippen LogP contribution in [-0.2, 0) is 0 Å². The zero-order valence-corrected chi connectivity index (χ0v) is 20.6. The number of hydrogen-bond donors (Lipinski definition) is 0. The zero-order chi connectivity index (χ0) is 22.7. The maximum atomic E-state index is 6.54. The van der Waals surface area contributed by atoms with E-state index in [1.165, 1.54) is 39.8 Å². The van der Waals surface area contributed by atoms with Gasteiger partial charge in [0.15, 0.2) is 3.57 Å². The lowest BCUT2D eigenvalue weighted by Crippen LogP contribution is -3.61. The first-order valence-electron chi connectivity index (χ1n) is 11.3. The topological polar surface area (TPSA) is 9.23 Å². The summed E-state index contributed by atoms with van der Waals surface area (Å²) >= 11 is -0.379. The van der Waals surface area contributed by atoms with Crippen LogP contribution in [0.2, 0.25) is 0 Å². The maximum absolute atomic E-state index is 6.54. The molecule has 6 aromatic carbocycles. The van der Waals surface area contributed by atoms with E-state index in [4.69, 9.17) is 4.74 Å². The average molecular weight is 549 g/mol. The summed E-state index contributed by atoms with van der Waals surface area (Å²) in [6.45, 7) is 0. The van der Waals surface area contributed by atoms with Crippen molar-refractivity contribution in [2.75, 3.05) is 0 Å². The Hall–Kier alpha value is -3.63. The Kier molecular flexibility index (Phi) is 5.74. The van der Waals surface area contributed by atoms with E-state index in [2.05, 4.69) is 103 Å². The molecule has 0 heterocycles. The number of fused-ring (bicyclic) bond motifs is 2. The molecule has 0 amide bonds. The second-order valence-corrected chi connectivity index (χ2v) is 11.1. The average Bonchev–Trinajstić information content (AvgIpc) is 2.90. The third kappa shape index (κ3) is 4.06. The summed E-state index contributed by atoms with van der Waals surface area (Å²) in [7, 11) is 0. The van der Waals surface area contributed by atoms with Crippen LogP contribution in [0.15, 0.2) is 133 Å². The lowest BCUT2D eigenvalue weighted by molar-refractivity contribution is -0.596. The van der Waals surface area contributed by atoms with Crippen molar-refractivity contribution in [2.24, 2.45) is 0 Å². The van der Waals surface area contributed by atoms with Gasteiger partial charge in [-0.05, 0) is 64.0 Å². The standard InChI is InChI=1S/C32H22IO/c1-3-13-25(14-4-1)33-29-21-19-23-11-7-9-17-27(23)31(29)32-28-18-10-8-12-24(28)20-22-30(32)34-26-15-5-2-6-16-26/h1-22H/q+1. The van der Waals surface area contributed by atoms with E-state index in [1.807, 2.05) is 30.3 Å². The smallest absolute Gasteiger partial charge is 0.358 e. The minimum atomic E-state index is -0.379. The van der Waals surface area contributed by atoms with Crippen LogP contribution in [0.4, 0.5) is 0 Å². The van der Waals surface area contributed by atoms with Crippen LogP contribution in [0.3, 0.4) is 0 Å². The van der Waals surface area contributed by atoms with E-state index in [0.29, 0.717) is 0 Å². The largest absolute Gasteiger partial charge is 0.457 e. The Balaban J connectivity index is 1.66. The molecule has 0 saturated heterocycles. The van der Waals surface area contributed by atoms with Crippen LogP contribution in [0.25, 0.3) is 32.7 Å². The quantitative estimate of drug-likeness (QED) is 0.255. The van der Waals surface area contributed by atoms with Gasteiger partial charge < -0.3 is 4.74 Å². The van der Waals surface area contributed by atoms with Crippen molar-refractivity contribution in [1.82, 2.24) is 0 Å². The molecule has 0 aliphatic carbocycles. The molecule has 0 aliphatic heterocycles. The van der Waals surface area contributed by atoms with Gasteiger partial charge >= 0.3 is 21.2 Å². The van der Waals surface area contributed by atoms with Gasteiger partial charge in [0.1, 0.15) is 11.5 Å². The van der Waals surface area contributed by atoms with E-state index in [1.54, 1.807) is 0 Å². The fraction of sp³-hybridized carbons (Fsp3) is 0. The molecular weight excluding hydrogens is 527 g/mol. The highest BCUT2D eigenvalue weighted by Gasteiger charge is 2.26. The Morgan fingerprint density at radius 2 is 1.00 bits per heavy atom. The monoisotopic (exact) mass is 549 g/mol. The molecular formula is C32H22IO+. The van der Waals surface area contributed by atoms with Crippen molar-refractivity contribution < 1.29 is 25.9 Å². The third-order valence-corrected chi connectivity index (χ3v) is 8.76. The van der Waals surface area contributed by atoms with Crippen LogP contribution in [0, 0.1) is 7.14 Å². The molecule has 6 aromatic rings. The number of benzene rings is 6. The van der Waals surface area contributed by atoms with Crippen molar-refractivity contribution in [1.29, 1.82) is 0 Å². The number of hydrogen-bond acceptors (Lipinski definition) is 1. The van der Waals surface area contributed by atoms with Gasteiger partial charge in [-0.3, -0.25) is 0 Å². The van der Waals surface area contributed by atoms with Gasteiger partial charge in [0.2, 0.25) is 3.57 Å². The van der Waals surface area contributed by atoms with Gasteiger partial charge in [-0.15, -0.1) is 0 Å². The van der Waals surface area contributed by atoms with Gasteiger partial charge in [-0.25, -0.2) is 0 Å². The molecule has 0 spiro atoms. The molecule has 0 unspecified atom stereocenters. The van der Waals surface area contributed by atoms with Crippen LogP contribution in [0.1, 0.15) is 0 Å². The van der Waals surface area contributed by atoms with Crippen molar-refractivity contribution in [3.05, 3.63) is 141 Å². The predicted octanol–water partition coefficient (Wildman–Crippen LogP) is 5.58. The van der Waals surface area contributed by atoms with Gasteiger partial charge in [-0.1, -0.05) is 91.0 Å². The van der Waals surface area contributed by atoms with Crippen molar-refractivity contribution in [3.63, 3.8) is 0 Å². The predicted molar refractivity (Wildman–Crippen MR) is 137 cm³/mol. The number of ether oxygens (including phenoxy) is 1. The maximum Gasteiger partial charge on any atom is 0.358 e. The highest BCUT2D eigenvalue weighted by Crippen LogP contribution is 2.42. The molecule has 1 nitrogen and oxygen atoms in total. The van der Waals surface area contributed by atoms with Gasteiger partial charge in [0.25, 0.3) is 0 Å². The highest BCUT2D eigenvalue weighted by atomic mass is 127. The summed E-state index contributed by atoms with van der Waals surface area (Å²) in [5.41, 5.74) is 2.46. The van der Waals surface area contributed by atoms with E-state index in [9.17, 15) is 0 Å². The molecule has 2 heteroatoms. The first-order valence-corrected chi connectivity index (χ1v) is 13.5. The molecule has 0 atom stereocenters. The van der Waals surface area contributed by atoms with Gasteiger partial charge in [-0.2, -0.15) is 0 Å². The van der Waals surface area contributed by atoms with Crippen LogP contribution >= 0.6 is 0 Å². The molecule has 162 valence electrons. The van der Waals surface area contributed by atoms with Crippen molar-refractivity contribution >= 4 is 21.5 Å². The molecule has 34 heavy (non-hydrogen) atoms. The Morgan fingerprint density at radius 3 is 1.71 bits per heavy atom. The van der Waals surface area contributed by atoms with E-state index < -0.39 is 0 Å². The fourth-order valence-electron chi connectivity index (χ4n) is 4.38. The lowest BCUT2D eigenvalue weighted by atomic mass is 9.93. The molecule has 0 aromatic heterocycles. The summed E-state index contributed by atoms with van der Waals surface area (Å²) in [6.07, 6.45) is 0. The fourth-order valence-corrected chi connectivity index (χ4v) is 7.02. The second-order valence-electron chi connectivity index (χ2n) is 8.11. The highest BCUT2D eigenvalue weighted by molar-refractivity contribution is 6.07.